The molecule has 1 unspecified atom stereocenters. The Kier molecular flexibility index (Phi) is 3.32. The molecule has 0 amide bonds. The van der Waals surface area contributed by atoms with Crippen molar-refractivity contribution < 1.29 is 0 Å². The Labute approximate surface area is 83.4 Å². The van der Waals surface area contributed by atoms with E-state index >= 15 is 0 Å². The van der Waals surface area contributed by atoms with Crippen molar-refractivity contribution in [1.29, 1.82) is 0 Å². The Morgan fingerprint density at radius 2 is 2.23 bits per heavy atom. The molecular formula is C10H13ClN2. The molecule has 1 atom stereocenters. The Morgan fingerprint density at radius 3 is 2.77 bits per heavy atom. The first-order valence-electron chi connectivity index (χ1n) is 4.15. The molecule has 0 radical (unpaired) electrons. The smallest absolute Gasteiger partial charge is 0.0913 e. The van der Waals surface area contributed by atoms with Crippen LogP contribution in [0.25, 0.3) is 0 Å². The summed E-state index contributed by atoms with van der Waals surface area (Å²) < 4.78 is 0. The maximum atomic E-state index is 5.85. The van der Waals surface area contributed by atoms with Crippen molar-refractivity contribution in [3.63, 3.8) is 0 Å². The first kappa shape index (κ1) is 10.1. The van der Waals surface area contributed by atoms with Crippen molar-refractivity contribution >= 4 is 17.4 Å². The summed E-state index contributed by atoms with van der Waals surface area (Å²) >= 11 is 5.85. The summed E-state index contributed by atoms with van der Waals surface area (Å²) in [6.45, 7) is 3.77. The van der Waals surface area contributed by atoms with Crippen LogP contribution in [0.3, 0.4) is 0 Å². The second-order valence-corrected chi connectivity index (χ2v) is 3.44. The molecule has 1 aromatic rings. The van der Waals surface area contributed by atoms with Gasteiger partial charge >= 0.3 is 0 Å². The molecule has 3 heteroatoms. The second kappa shape index (κ2) is 4.28. The highest BCUT2D eigenvalue weighted by atomic mass is 35.5. The number of nitrogens with two attached hydrogens (primary N) is 1. The largest absolute Gasteiger partial charge is 0.388 e. The van der Waals surface area contributed by atoms with Gasteiger partial charge in [-0.15, -0.1) is 0 Å². The topological polar surface area (TPSA) is 38.4 Å². The predicted octanol–water partition coefficient (Wildman–Crippen LogP) is 2.78. The third-order valence-corrected chi connectivity index (χ3v) is 1.96. The van der Waals surface area contributed by atoms with Crippen LogP contribution < -0.4 is 5.73 Å². The Bertz CT molecular complexity index is 316. The number of halogens is 1. The zero-order chi connectivity index (χ0) is 9.84. The van der Waals surface area contributed by atoms with E-state index in [9.17, 15) is 0 Å². The number of rotatable bonds is 2. The van der Waals surface area contributed by atoms with E-state index in [-0.39, 0.29) is 6.04 Å². The summed E-state index contributed by atoms with van der Waals surface area (Å²) in [6, 6.07) is 7.72. The van der Waals surface area contributed by atoms with E-state index in [1.54, 1.807) is 6.92 Å². The van der Waals surface area contributed by atoms with Crippen molar-refractivity contribution in [3.8, 4) is 0 Å². The van der Waals surface area contributed by atoms with E-state index in [4.69, 9.17) is 17.3 Å². The van der Waals surface area contributed by atoms with E-state index in [0.717, 1.165) is 10.6 Å². The lowest BCUT2D eigenvalue weighted by Gasteiger charge is -2.07. The monoisotopic (exact) mass is 196 g/mol. The van der Waals surface area contributed by atoms with Crippen LogP contribution in [0.1, 0.15) is 25.5 Å². The molecule has 0 aliphatic rings. The fourth-order valence-corrected chi connectivity index (χ4v) is 1.35. The average Bonchev–Trinajstić information content (AvgIpc) is 2.03. The van der Waals surface area contributed by atoms with Crippen LogP contribution in [0, 0.1) is 0 Å². The first-order chi connectivity index (χ1) is 6.09. The highest BCUT2D eigenvalue weighted by Crippen LogP contribution is 2.19. The van der Waals surface area contributed by atoms with Crippen molar-refractivity contribution in [2.75, 3.05) is 0 Å². The van der Waals surface area contributed by atoms with Gasteiger partial charge in [0.2, 0.25) is 0 Å². The zero-order valence-corrected chi connectivity index (χ0v) is 8.55. The third-order valence-electron chi connectivity index (χ3n) is 1.73. The van der Waals surface area contributed by atoms with Crippen LogP contribution in [0.4, 0.5) is 0 Å². The summed E-state index contributed by atoms with van der Waals surface area (Å²) in [4.78, 5) is 4.22. The van der Waals surface area contributed by atoms with Crippen LogP contribution in [-0.4, -0.2) is 5.84 Å². The number of hydrogen-bond acceptors (Lipinski definition) is 1. The van der Waals surface area contributed by atoms with Crippen LogP contribution in [-0.2, 0) is 0 Å². The molecule has 0 aromatic heterocycles. The van der Waals surface area contributed by atoms with Gasteiger partial charge in [0.15, 0.2) is 0 Å². The van der Waals surface area contributed by atoms with E-state index in [1.807, 2.05) is 31.2 Å². The number of nitrogens with zero attached hydrogens (tertiary/aromatic N) is 1. The predicted molar refractivity (Wildman–Crippen MR) is 57.2 cm³/mol. The molecule has 0 aliphatic heterocycles. The minimum atomic E-state index is 0.0729. The van der Waals surface area contributed by atoms with Crippen molar-refractivity contribution in [3.05, 3.63) is 34.9 Å². The molecule has 0 aliphatic carbocycles. The molecule has 2 nitrogen and oxygen atoms in total. The molecule has 0 fully saturated rings. The van der Waals surface area contributed by atoms with Gasteiger partial charge < -0.3 is 5.73 Å². The summed E-state index contributed by atoms with van der Waals surface area (Å²) in [5.74, 6) is 0.590. The van der Waals surface area contributed by atoms with Gasteiger partial charge in [0.05, 0.1) is 11.9 Å². The zero-order valence-electron chi connectivity index (χ0n) is 7.79. The van der Waals surface area contributed by atoms with E-state index in [0.29, 0.717) is 5.84 Å². The molecule has 0 bridgehead atoms. The quantitative estimate of drug-likeness (QED) is 0.573. The fourth-order valence-electron chi connectivity index (χ4n) is 1.15. The van der Waals surface area contributed by atoms with Crippen LogP contribution >= 0.6 is 11.6 Å². The van der Waals surface area contributed by atoms with Gasteiger partial charge in [-0.05, 0) is 31.5 Å². The molecular weight excluding hydrogens is 184 g/mol. The van der Waals surface area contributed by atoms with Gasteiger partial charge in [0, 0.05) is 5.02 Å². The Balaban J connectivity index is 2.89. The summed E-state index contributed by atoms with van der Waals surface area (Å²) in [5.41, 5.74) is 6.57. The van der Waals surface area contributed by atoms with E-state index in [2.05, 4.69) is 4.99 Å². The van der Waals surface area contributed by atoms with Crippen LogP contribution in [0.15, 0.2) is 29.3 Å². The molecule has 0 spiro atoms. The lowest BCUT2D eigenvalue weighted by molar-refractivity contribution is 0.817. The van der Waals surface area contributed by atoms with Gasteiger partial charge in [-0.2, -0.15) is 0 Å². The molecule has 2 N–H and O–H groups in total. The maximum Gasteiger partial charge on any atom is 0.0913 e. The van der Waals surface area contributed by atoms with Crippen LogP contribution in [0.5, 0.6) is 0 Å². The average molecular weight is 197 g/mol. The highest BCUT2D eigenvalue weighted by Gasteiger charge is 2.02. The second-order valence-electron chi connectivity index (χ2n) is 3.00. The number of aliphatic imine (C=N–C) groups is 1. The molecule has 0 heterocycles. The Hall–Kier alpha value is -1.02. The lowest BCUT2D eigenvalue weighted by atomic mass is 10.1. The molecule has 1 rings (SSSR count). The minimum Gasteiger partial charge on any atom is -0.388 e. The number of amidine groups is 1. The highest BCUT2D eigenvalue weighted by molar-refractivity contribution is 6.30. The standard InChI is InChI=1S/C10H13ClN2/c1-7(13-8(2)12)9-4-3-5-10(11)6-9/h3-7H,1-2H3,(H2,12,13). The SMILES string of the molecule is CC(N)=NC(C)c1cccc(Cl)c1. The van der Waals surface area contributed by atoms with Gasteiger partial charge in [-0.1, -0.05) is 23.7 Å². The van der Waals surface area contributed by atoms with Gasteiger partial charge in [-0.3, -0.25) is 4.99 Å². The van der Waals surface area contributed by atoms with Gasteiger partial charge in [0.1, 0.15) is 0 Å². The molecule has 13 heavy (non-hydrogen) atoms. The number of benzene rings is 1. The number of hydrogen-bond donors (Lipinski definition) is 1. The first-order valence-corrected chi connectivity index (χ1v) is 4.52. The molecule has 0 saturated heterocycles. The van der Waals surface area contributed by atoms with Crippen LogP contribution in [0.2, 0.25) is 5.02 Å². The molecule has 0 saturated carbocycles. The molecule has 70 valence electrons. The summed E-state index contributed by atoms with van der Waals surface area (Å²) in [7, 11) is 0. The third kappa shape index (κ3) is 3.07. The minimum absolute atomic E-state index is 0.0729. The van der Waals surface area contributed by atoms with Crippen molar-refractivity contribution in [2.24, 2.45) is 10.7 Å². The Morgan fingerprint density at radius 1 is 1.54 bits per heavy atom. The van der Waals surface area contributed by atoms with Gasteiger partial charge in [0.25, 0.3) is 0 Å². The summed E-state index contributed by atoms with van der Waals surface area (Å²) in [6.07, 6.45) is 0. The fraction of sp³-hybridized carbons (Fsp3) is 0.300. The maximum absolute atomic E-state index is 5.85. The normalized spacial score (nSPS) is 14.2. The van der Waals surface area contributed by atoms with Crippen molar-refractivity contribution in [1.82, 2.24) is 0 Å². The van der Waals surface area contributed by atoms with E-state index < -0.39 is 0 Å². The van der Waals surface area contributed by atoms with Crippen molar-refractivity contribution in [2.45, 2.75) is 19.9 Å². The van der Waals surface area contributed by atoms with Gasteiger partial charge in [-0.25, -0.2) is 0 Å². The lowest BCUT2D eigenvalue weighted by Crippen LogP contribution is -2.07. The van der Waals surface area contributed by atoms with E-state index in [1.165, 1.54) is 0 Å². The molecule has 1 aromatic carbocycles. The summed E-state index contributed by atoms with van der Waals surface area (Å²) in [5, 5.41) is 0.731.